The second kappa shape index (κ2) is 4.09. The molecule has 0 aromatic rings. The van der Waals surface area contributed by atoms with Crippen molar-refractivity contribution in [2.24, 2.45) is 0 Å². The van der Waals surface area contributed by atoms with Crippen molar-refractivity contribution in [1.29, 1.82) is 5.26 Å². The van der Waals surface area contributed by atoms with E-state index in [1.165, 1.54) is 18.2 Å². The van der Waals surface area contributed by atoms with Gasteiger partial charge in [0.25, 0.3) is 0 Å². The van der Waals surface area contributed by atoms with Gasteiger partial charge in [-0.05, 0) is 23.8 Å². The van der Waals surface area contributed by atoms with Gasteiger partial charge in [0.1, 0.15) is 12.2 Å². The third-order valence-electron chi connectivity index (χ3n) is 1.93. The summed E-state index contributed by atoms with van der Waals surface area (Å²) in [6, 6.07) is 1.55. The fourth-order valence-corrected chi connectivity index (χ4v) is 1.07. The molecule has 5 nitrogen and oxygen atoms in total. The van der Waals surface area contributed by atoms with Crippen LogP contribution in [-0.2, 0) is 4.79 Å². The summed E-state index contributed by atoms with van der Waals surface area (Å²) in [5.74, 6) is -1.11. The normalized spacial score (nSPS) is 29.9. The zero-order valence-electron chi connectivity index (χ0n) is 7.66. The average molecular weight is 207 g/mol. The van der Waals surface area contributed by atoms with Crippen molar-refractivity contribution in [3.63, 3.8) is 0 Å². The van der Waals surface area contributed by atoms with Crippen LogP contribution in [0.2, 0.25) is 0 Å². The van der Waals surface area contributed by atoms with Crippen LogP contribution in [-0.4, -0.2) is 33.0 Å². The lowest BCUT2D eigenvalue weighted by Crippen LogP contribution is -2.39. The molecule has 3 N–H and O–H groups in total. The molecule has 0 heterocycles. The summed E-state index contributed by atoms with van der Waals surface area (Å²) < 4.78 is 0. The second-order valence-corrected chi connectivity index (χ2v) is 3.05. The van der Waals surface area contributed by atoms with Crippen molar-refractivity contribution in [3.05, 3.63) is 36.0 Å². The summed E-state index contributed by atoms with van der Waals surface area (Å²) in [4.78, 5) is 10.2. The van der Waals surface area contributed by atoms with Crippen LogP contribution in [0.4, 0.5) is 0 Å². The van der Waals surface area contributed by atoms with Crippen LogP contribution in [0.1, 0.15) is 0 Å². The van der Waals surface area contributed by atoms with Gasteiger partial charge >= 0.3 is 5.97 Å². The Morgan fingerprint density at radius 1 is 1.67 bits per heavy atom. The number of hydrogen-bond acceptors (Lipinski definition) is 4. The van der Waals surface area contributed by atoms with Crippen LogP contribution in [0.5, 0.6) is 0 Å². The molecule has 15 heavy (non-hydrogen) atoms. The zero-order valence-corrected chi connectivity index (χ0v) is 7.66. The highest BCUT2D eigenvalue weighted by atomic mass is 16.4. The molecule has 1 rings (SSSR count). The molecule has 0 aromatic heterocycles. The van der Waals surface area contributed by atoms with Gasteiger partial charge in [-0.2, -0.15) is 5.26 Å². The maximum Gasteiger partial charge on any atom is 0.328 e. The molecule has 0 aromatic carbocycles. The molecule has 0 fully saturated rings. The Morgan fingerprint density at radius 2 is 2.33 bits per heavy atom. The van der Waals surface area contributed by atoms with E-state index in [-0.39, 0.29) is 0 Å². The number of carboxylic acids is 1. The molecule has 5 heteroatoms. The van der Waals surface area contributed by atoms with Gasteiger partial charge in [0.05, 0.1) is 0 Å². The number of rotatable bonds is 2. The van der Waals surface area contributed by atoms with E-state index in [9.17, 15) is 15.0 Å². The Kier molecular flexibility index (Phi) is 3.04. The molecule has 0 aliphatic heterocycles. The zero-order chi connectivity index (χ0) is 11.5. The van der Waals surface area contributed by atoms with E-state index in [1.54, 1.807) is 6.07 Å². The molecular weight excluding hydrogens is 198 g/mol. The van der Waals surface area contributed by atoms with Gasteiger partial charge in [-0.1, -0.05) is 6.08 Å². The van der Waals surface area contributed by atoms with Crippen molar-refractivity contribution >= 4 is 5.97 Å². The highest BCUT2D eigenvalue weighted by Crippen LogP contribution is 2.21. The molecule has 0 spiro atoms. The minimum Gasteiger partial charge on any atom is -0.478 e. The molecule has 0 radical (unpaired) electrons. The van der Waals surface area contributed by atoms with Gasteiger partial charge in [0.15, 0.2) is 5.60 Å². The highest BCUT2D eigenvalue weighted by Gasteiger charge is 2.33. The lowest BCUT2D eigenvalue weighted by atomic mass is 9.90. The van der Waals surface area contributed by atoms with Crippen molar-refractivity contribution in [3.8, 4) is 6.07 Å². The summed E-state index contributed by atoms with van der Waals surface area (Å²) in [6.07, 6.45) is 4.51. The first kappa shape index (κ1) is 11.2. The first-order valence-electron chi connectivity index (χ1n) is 4.12. The smallest absolute Gasteiger partial charge is 0.328 e. The first-order chi connectivity index (χ1) is 6.98. The Bertz CT molecular complexity index is 402. The number of aliphatic carboxylic acids is 1. The summed E-state index contributed by atoms with van der Waals surface area (Å²) in [5.41, 5.74) is -1.51. The van der Waals surface area contributed by atoms with Gasteiger partial charge in [-0.15, -0.1) is 0 Å². The van der Waals surface area contributed by atoms with Crippen molar-refractivity contribution in [2.75, 3.05) is 0 Å². The van der Waals surface area contributed by atoms with E-state index in [2.05, 4.69) is 0 Å². The van der Waals surface area contributed by atoms with Crippen LogP contribution in [0.15, 0.2) is 36.0 Å². The molecule has 0 saturated carbocycles. The largest absolute Gasteiger partial charge is 0.478 e. The number of nitriles is 1. The number of aliphatic hydroxyl groups is 2. The summed E-state index contributed by atoms with van der Waals surface area (Å²) in [6.45, 7) is 0. The third-order valence-corrected chi connectivity index (χ3v) is 1.93. The van der Waals surface area contributed by atoms with Crippen LogP contribution in [0.25, 0.3) is 0 Å². The topological polar surface area (TPSA) is 102 Å². The van der Waals surface area contributed by atoms with Crippen LogP contribution in [0.3, 0.4) is 0 Å². The van der Waals surface area contributed by atoms with E-state index >= 15 is 0 Å². The van der Waals surface area contributed by atoms with Crippen molar-refractivity contribution in [2.45, 2.75) is 11.7 Å². The molecule has 2 unspecified atom stereocenters. The van der Waals surface area contributed by atoms with E-state index in [1.807, 2.05) is 0 Å². The third kappa shape index (κ3) is 2.53. The minimum atomic E-state index is -1.93. The van der Waals surface area contributed by atoms with E-state index in [0.29, 0.717) is 5.57 Å². The standard InChI is InChI=1S/C10H9NO4/c11-6-10(15)4-3-7(5-8(10)12)1-2-9(13)14/h1-5,8,12,15H,(H,13,14). The number of allylic oxidation sites excluding steroid dienone is 3. The number of nitrogens with zero attached hydrogens (tertiary/aromatic N) is 1. The SMILES string of the molecule is N#CC1(O)C=CC(C=CC(=O)O)=CC1O. The summed E-state index contributed by atoms with van der Waals surface area (Å²) in [5, 5.41) is 35.8. The second-order valence-electron chi connectivity index (χ2n) is 3.05. The van der Waals surface area contributed by atoms with E-state index < -0.39 is 17.7 Å². The molecule has 78 valence electrons. The van der Waals surface area contributed by atoms with Crippen molar-refractivity contribution in [1.82, 2.24) is 0 Å². The number of hydrogen-bond donors (Lipinski definition) is 3. The summed E-state index contributed by atoms with van der Waals surface area (Å²) in [7, 11) is 0. The lowest BCUT2D eigenvalue weighted by molar-refractivity contribution is -0.131. The van der Waals surface area contributed by atoms with Gasteiger partial charge in [-0.3, -0.25) is 0 Å². The maximum absolute atomic E-state index is 10.2. The highest BCUT2D eigenvalue weighted by molar-refractivity contribution is 5.80. The van der Waals surface area contributed by atoms with Gasteiger partial charge in [0, 0.05) is 6.08 Å². The summed E-state index contributed by atoms with van der Waals surface area (Å²) >= 11 is 0. The van der Waals surface area contributed by atoms with E-state index in [0.717, 1.165) is 12.2 Å². The first-order valence-corrected chi connectivity index (χ1v) is 4.12. The fourth-order valence-electron chi connectivity index (χ4n) is 1.07. The van der Waals surface area contributed by atoms with Gasteiger partial charge in [-0.25, -0.2) is 4.79 Å². The Morgan fingerprint density at radius 3 is 2.80 bits per heavy atom. The molecule has 0 saturated heterocycles. The molecule has 1 aliphatic carbocycles. The minimum absolute atomic E-state index is 0.421. The monoisotopic (exact) mass is 207 g/mol. The quantitative estimate of drug-likeness (QED) is 0.427. The Hall–Kier alpha value is -1.90. The predicted octanol–water partition coefficient (Wildman–Crippen LogP) is -0.261. The average Bonchev–Trinajstić information content (AvgIpc) is 2.20. The number of aliphatic hydroxyl groups excluding tert-OH is 1. The Balaban J connectivity index is 2.86. The molecule has 2 atom stereocenters. The fraction of sp³-hybridized carbons (Fsp3) is 0.200. The Labute approximate surface area is 85.9 Å². The van der Waals surface area contributed by atoms with Crippen LogP contribution >= 0.6 is 0 Å². The number of carbonyl (C=O) groups is 1. The lowest BCUT2D eigenvalue weighted by Gasteiger charge is -2.23. The number of carboxylic acid groups (broad SMARTS) is 1. The molecule has 0 bridgehead atoms. The van der Waals surface area contributed by atoms with E-state index in [4.69, 9.17) is 10.4 Å². The molecule has 1 aliphatic rings. The molecular formula is C10H9NO4. The maximum atomic E-state index is 10.2. The molecule has 0 amide bonds. The van der Waals surface area contributed by atoms with Gasteiger partial charge in [0.2, 0.25) is 0 Å². The predicted molar refractivity (Wildman–Crippen MR) is 50.6 cm³/mol. The van der Waals surface area contributed by atoms with Crippen LogP contribution < -0.4 is 0 Å². The van der Waals surface area contributed by atoms with Crippen LogP contribution in [0, 0.1) is 11.3 Å². The van der Waals surface area contributed by atoms with Crippen molar-refractivity contribution < 1.29 is 20.1 Å². The van der Waals surface area contributed by atoms with Gasteiger partial charge < -0.3 is 15.3 Å².